The average Bonchev–Trinajstić information content (AvgIpc) is 1.96. The first-order valence-electron chi connectivity index (χ1n) is 40.6. The standard InChI is InChI=1S/C78H152O17P2/c1-7-11-13-15-17-19-21-23-28-31-35-42-48-54-60-75(80)88-66-73(94-78(83)63-57-51-45-37-33-29-25-24-27-30-34-40-46-52-58-70(5)9-3)68-92-96(84,85)90-64-72(79)65-91-97(86,87)93-69-74(67-89-76(81)61-55-49-43-39-38-41-47-53-59-71(6)10-4)95-77(82)62-56-50-44-36-32-26-22-20-18-16-14-12-8-2/h70-74,79H,7-69H2,1-6H3,(H,84,85)(H,86,87)/t70?,71?,72-,73-,74-/m1/s1. The van der Waals surface area contributed by atoms with Gasteiger partial charge in [-0.15, -0.1) is 0 Å². The molecule has 3 N–H and O–H groups in total. The lowest BCUT2D eigenvalue weighted by Gasteiger charge is -2.21. The second kappa shape index (κ2) is 69.8. The number of carbonyl (C=O) groups excluding carboxylic acids is 4. The second-order valence-electron chi connectivity index (χ2n) is 28.6. The van der Waals surface area contributed by atoms with Crippen molar-refractivity contribution in [1.82, 2.24) is 0 Å². The van der Waals surface area contributed by atoms with Crippen molar-refractivity contribution in [1.29, 1.82) is 0 Å². The predicted molar refractivity (Wildman–Crippen MR) is 395 cm³/mol. The topological polar surface area (TPSA) is 237 Å². The molecule has 0 fully saturated rings. The Morgan fingerprint density at radius 1 is 0.289 bits per heavy atom. The summed E-state index contributed by atoms with van der Waals surface area (Å²) in [5, 5.41) is 10.6. The fraction of sp³-hybridized carbons (Fsp3) is 0.949. The van der Waals surface area contributed by atoms with Gasteiger partial charge in [0.15, 0.2) is 12.2 Å². The third kappa shape index (κ3) is 69.5. The Balaban J connectivity index is 5.26. The molecule has 0 spiro atoms. The van der Waals surface area contributed by atoms with Gasteiger partial charge in [-0.3, -0.25) is 37.3 Å². The summed E-state index contributed by atoms with van der Waals surface area (Å²) in [5.74, 6) is -0.486. The van der Waals surface area contributed by atoms with Crippen LogP contribution < -0.4 is 0 Å². The number of aliphatic hydroxyl groups excluding tert-OH is 1. The predicted octanol–water partition coefficient (Wildman–Crippen LogP) is 23.1. The molecule has 7 atom stereocenters. The van der Waals surface area contributed by atoms with Crippen molar-refractivity contribution in [3.63, 3.8) is 0 Å². The van der Waals surface area contributed by atoms with Gasteiger partial charge in [0.05, 0.1) is 26.4 Å². The van der Waals surface area contributed by atoms with Crippen molar-refractivity contribution in [2.24, 2.45) is 11.8 Å². The Labute approximate surface area is 594 Å². The molecule has 0 heterocycles. The van der Waals surface area contributed by atoms with Crippen LogP contribution in [0, 0.1) is 11.8 Å². The molecule has 97 heavy (non-hydrogen) atoms. The van der Waals surface area contributed by atoms with E-state index in [0.29, 0.717) is 25.7 Å². The van der Waals surface area contributed by atoms with E-state index in [9.17, 15) is 43.2 Å². The number of hydrogen-bond donors (Lipinski definition) is 3. The molecule has 0 aromatic rings. The van der Waals surface area contributed by atoms with Crippen LogP contribution in [-0.4, -0.2) is 96.7 Å². The van der Waals surface area contributed by atoms with Crippen molar-refractivity contribution >= 4 is 39.5 Å². The Kier molecular flexibility index (Phi) is 68.4. The first-order chi connectivity index (χ1) is 46.9. The highest BCUT2D eigenvalue weighted by atomic mass is 31.2. The van der Waals surface area contributed by atoms with Crippen molar-refractivity contribution in [2.45, 2.75) is 426 Å². The Morgan fingerprint density at radius 3 is 0.732 bits per heavy atom. The summed E-state index contributed by atoms with van der Waals surface area (Å²) in [6.45, 7) is 9.68. The van der Waals surface area contributed by atoms with E-state index in [1.54, 1.807) is 0 Å². The zero-order valence-electron chi connectivity index (χ0n) is 63.4. The summed E-state index contributed by atoms with van der Waals surface area (Å²) < 4.78 is 68.6. The van der Waals surface area contributed by atoms with E-state index in [2.05, 4.69) is 41.5 Å². The van der Waals surface area contributed by atoms with Crippen LogP contribution in [0.5, 0.6) is 0 Å². The molecule has 0 bridgehead atoms. The molecule has 0 aliphatic carbocycles. The summed E-state index contributed by atoms with van der Waals surface area (Å²) in [7, 11) is -9.92. The van der Waals surface area contributed by atoms with Crippen LogP contribution in [0.1, 0.15) is 408 Å². The number of unbranched alkanes of at least 4 members (excludes halogenated alkanes) is 45. The molecule has 4 unspecified atom stereocenters. The molecule has 0 saturated carbocycles. The maximum Gasteiger partial charge on any atom is 0.472 e. The first-order valence-corrected chi connectivity index (χ1v) is 43.6. The van der Waals surface area contributed by atoms with Crippen LogP contribution in [0.2, 0.25) is 0 Å². The van der Waals surface area contributed by atoms with E-state index in [1.807, 2.05) is 0 Å². The number of carbonyl (C=O) groups is 4. The number of ether oxygens (including phenoxy) is 4. The monoisotopic (exact) mass is 1420 g/mol. The highest BCUT2D eigenvalue weighted by Crippen LogP contribution is 2.45. The van der Waals surface area contributed by atoms with Crippen LogP contribution in [0.4, 0.5) is 0 Å². The fourth-order valence-electron chi connectivity index (χ4n) is 11.9. The summed E-state index contributed by atoms with van der Waals surface area (Å²) in [6.07, 6.45) is 58.0. The average molecular weight is 1420 g/mol. The van der Waals surface area contributed by atoms with E-state index in [4.69, 9.17) is 37.0 Å². The van der Waals surface area contributed by atoms with Gasteiger partial charge in [-0.05, 0) is 37.5 Å². The van der Waals surface area contributed by atoms with Gasteiger partial charge in [0.1, 0.15) is 19.3 Å². The number of hydrogen-bond acceptors (Lipinski definition) is 15. The lowest BCUT2D eigenvalue weighted by Crippen LogP contribution is -2.30. The third-order valence-electron chi connectivity index (χ3n) is 18.9. The highest BCUT2D eigenvalue weighted by molar-refractivity contribution is 7.47. The lowest BCUT2D eigenvalue weighted by molar-refractivity contribution is -0.161. The second-order valence-corrected chi connectivity index (χ2v) is 31.5. The smallest absolute Gasteiger partial charge is 0.462 e. The number of aliphatic hydroxyl groups is 1. The van der Waals surface area contributed by atoms with Gasteiger partial charge in [0.25, 0.3) is 0 Å². The van der Waals surface area contributed by atoms with Gasteiger partial charge in [-0.25, -0.2) is 9.13 Å². The van der Waals surface area contributed by atoms with Gasteiger partial charge in [-0.2, -0.15) is 0 Å². The molecule has 0 aromatic carbocycles. The molecule has 0 aromatic heterocycles. The molecule has 17 nitrogen and oxygen atoms in total. The third-order valence-corrected chi connectivity index (χ3v) is 20.8. The molecule has 0 aliphatic heterocycles. The molecule has 576 valence electrons. The summed E-state index contributed by atoms with van der Waals surface area (Å²) >= 11 is 0. The van der Waals surface area contributed by atoms with Crippen LogP contribution in [0.3, 0.4) is 0 Å². The largest absolute Gasteiger partial charge is 0.472 e. The normalized spacial score (nSPS) is 14.5. The van der Waals surface area contributed by atoms with Crippen LogP contribution in [0.25, 0.3) is 0 Å². The highest BCUT2D eigenvalue weighted by Gasteiger charge is 2.30. The minimum absolute atomic E-state index is 0.107. The van der Waals surface area contributed by atoms with Crippen molar-refractivity contribution in [3.05, 3.63) is 0 Å². The first kappa shape index (κ1) is 95.1. The molecule has 0 rings (SSSR count). The van der Waals surface area contributed by atoms with E-state index < -0.39 is 97.5 Å². The molecular weight excluding hydrogens is 1270 g/mol. The Hall–Kier alpha value is -1.94. The van der Waals surface area contributed by atoms with Gasteiger partial charge >= 0.3 is 39.5 Å². The van der Waals surface area contributed by atoms with Gasteiger partial charge in [0, 0.05) is 25.7 Å². The van der Waals surface area contributed by atoms with E-state index in [0.717, 1.165) is 102 Å². The Morgan fingerprint density at radius 2 is 0.495 bits per heavy atom. The zero-order chi connectivity index (χ0) is 71.4. The molecular formula is C78H152O17P2. The quantitative estimate of drug-likeness (QED) is 0.0222. The molecule has 19 heteroatoms. The lowest BCUT2D eigenvalue weighted by atomic mass is 9.99. The number of rotatable bonds is 77. The maximum atomic E-state index is 13.1. The fourth-order valence-corrected chi connectivity index (χ4v) is 13.5. The van der Waals surface area contributed by atoms with E-state index >= 15 is 0 Å². The summed E-state index contributed by atoms with van der Waals surface area (Å²) in [6, 6.07) is 0. The summed E-state index contributed by atoms with van der Waals surface area (Å²) in [4.78, 5) is 72.9. The van der Waals surface area contributed by atoms with Gasteiger partial charge in [-0.1, -0.05) is 356 Å². The Bertz CT molecular complexity index is 1880. The number of phosphoric acid groups is 2. The van der Waals surface area contributed by atoms with E-state index in [1.165, 1.54) is 225 Å². The minimum Gasteiger partial charge on any atom is -0.462 e. The van der Waals surface area contributed by atoms with Crippen molar-refractivity contribution in [3.8, 4) is 0 Å². The van der Waals surface area contributed by atoms with Gasteiger partial charge in [0.2, 0.25) is 0 Å². The number of phosphoric ester groups is 2. The van der Waals surface area contributed by atoms with Gasteiger partial charge < -0.3 is 33.8 Å². The van der Waals surface area contributed by atoms with Crippen molar-refractivity contribution in [2.75, 3.05) is 39.6 Å². The molecule has 0 radical (unpaired) electrons. The molecule has 0 amide bonds. The SMILES string of the molecule is CCCCCCCCCCCCCCCCC(=O)OC[C@H](COP(=O)(O)OC[C@@H](O)COP(=O)(O)OC[C@@H](COC(=O)CCCCCCCCCCC(C)CC)OC(=O)CCCCCCCCCCCCCCC)OC(=O)CCCCCCCCCCCCCCCCC(C)CC. The molecule has 0 saturated heterocycles. The van der Waals surface area contributed by atoms with Crippen LogP contribution >= 0.6 is 15.6 Å². The van der Waals surface area contributed by atoms with Crippen LogP contribution in [0.15, 0.2) is 0 Å². The van der Waals surface area contributed by atoms with Crippen molar-refractivity contribution < 1.29 is 80.2 Å². The summed E-state index contributed by atoms with van der Waals surface area (Å²) in [5.41, 5.74) is 0. The molecule has 0 aliphatic rings. The zero-order valence-corrected chi connectivity index (χ0v) is 65.2. The van der Waals surface area contributed by atoms with E-state index in [-0.39, 0.29) is 25.7 Å². The minimum atomic E-state index is -4.96. The number of esters is 4. The maximum absolute atomic E-state index is 13.1. The van der Waals surface area contributed by atoms with Crippen LogP contribution in [-0.2, 0) is 65.4 Å².